The quantitative estimate of drug-likeness (QED) is 0.488. The molecular formula is C4H9ClN2. The standard InChI is InChI=1S/C4H8N2.ClH/c5-4-1-2-6-3-4;/h2,4H,1,3,5H2;1H. The summed E-state index contributed by atoms with van der Waals surface area (Å²) in [5.74, 6) is 0. The van der Waals surface area contributed by atoms with Gasteiger partial charge in [-0.2, -0.15) is 0 Å². The second-order valence-corrected chi connectivity index (χ2v) is 1.54. The van der Waals surface area contributed by atoms with Crippen LogP contribution in [0.3, 0.4) is 0 Å². The molecule has 3 heteroatoms. The molecule has 7 heavy (non-hydrogen) atoms. The zero-order chi connectivity index (χ0) is 4.41. The molecule has 0 fully saturated rings. The van der Waals surface area contributed by atoms with E-state index in [1.807, 2.05) is 6.21 Å². The van der Waals surface area contributed by atoms with Gasteiger partial charge in [-0.05, 0) is 6.42 Å². The number of hydrogen-bond donors (Lipinski definition) is 1. The maximum Gasteiger partial charge on any atom is 0.0540 e. The molecule has 2 N–H and O–H groups in total. The van der Waals surface area contributed by atoms with Crippen LogP contribution in [0.15, 0.2) is 4.99 Å². The van der Waals surface area contributed by atoms with E-state index in [1.54, 1.807) is 0 Å². The van der Waals surface area contributed by atoms with E-state index in [2.05, 4.69) is 4.99 Å². The molecule has 1 rings (SSSR count). The predicted octanol–water partition coefficient (Wildman–Crippen LogP) is 0.210. The first-order valence-electron chi connectivity index (χ1n) is 2.13. The fourth-order valence-corrected chi connectivity index (χ4v) is 0.494. The Morgan fingerprint density at radius 2 is 2.43 bits per heavy atom. The average Bonchev–Trinajstić information content (AvgIpc) is 1.86. The first-order chi connectivity index (χ1) is 2.89. The Labute approximate surface area is 49.2 Å². The fraction of sp³-hybridized carbons (Fsp3) is 0.750. The molecule has 0 radical (unpaired) electrons. The first-order valence-corrected chi connectivity index (χ1v) is 2.13. The third-order valence-electron chi connectivity index (χ3n) is 0.877. The van der Waals surface area contributed by atoms with E-state index in [9.17, 15) is 0 Å². The average molecular weight is 121 g/mol. The molecule has 1 aliphatic heterocycles. The molecule has 1 atom stereocenters. The van der Waals surface area contributed by atoms with Crippen LogP contribution in [0.5, 0.6) is 0 Å². The number of rotatable bonds is 0. The number of aliphatic imine (C=N–C) groups is 1. The lowest BCUT2D eigenvalue weighted by Crippen LogP contribution is -2.18. The van der Waals surface area contributed by atoms with E-state index in [4.69, 9.17) is 5.73 Å². The van der Waals surface area contributed by atoms with Crippen molar-refractivity contribution in [2.24, 2.45) is 10.7 Å². The van der Waals surface area contributed by atoms with Crippen molar-refractivity contribution in [3.63, 3.8) is 0 Å². The summed E-state index contributed by atoms with van der Waals surface area (Å²) in [6, 6.07) is 0.324. The van der Waals surface area contributed by atoms with Crippen LogP contribution in [0.2, 0.25) is 0 Å². The SMILES string of the molecule is Cl.NC1CC=NC1. The lowest BCUT2D eigenvalue weighted by molar-refractivity contribution is 0.757. The zero-order valence-corrected chi connectivity index (χ0v) is 4.82. The predicted molar refractivity (Wildman–Crippen MR) is 33.2 cm³/mol. The molecule has 2 nitrogen and oxygen atoms in total. The number of nitrogens with two attached hydrogens (primary N) is 1. The molecule has 1 aliphatic rings. The molecular weight excluding hydrogens is 112 g/mol. The molecule has 1 heterocycles. The minimum absolute atomic E-state index is 0. The topological polar surface area (TPSA) is 38.4 Å². The monoisotopic (exact) mass is 120 g/mol. The molecule has 0 bridgehead atoms. The van der Waals surface area contributed by atoms with Gasteiger partial charge < -0.3 is 5.73 Å². The third-order valence-corrected chi connectivity index (χ3v) is 0.877. The van der Waals surface area contributed by atoms with Gasteiger partial charge in [0.1, 0.15) is 0 Å². The van der Waals surface area contributed by atoms with Crippen LogP contribution in [-0.2, 0) is 0 Å². The van der Waals surface area contributed by atoms with Gasteiger partial charge in [-0.1, -0.05) is 0 Å². The molecule has 0 aliphatic carbocycles. The highest BCUT2D eigenvalue weighted by Crippen LogP contribution is 1.92. The maximum atomic E-state index is 5.41. The molecule has 0 saturated carbocycles. The Balaban J connectivity index is 0.000000360. The van der Waals surface area contributed by atoms with Gasteiger partial charge in [0.15, 0.2) is 0 Å². The maximum absolute atomic E-state index is 5.41. The highest BCUT2D eigenvalue weighted by Gasteiger charge is 2.01. The van der Waals surface area contributed by atoms with Crippen molar-refractivity contribution in [3.05, 3.63) is 0 Å². The van der Waals surface area contributed by atoms with Crippen molar-refractivity contribution in [3.8, 4) is 0 Å². The Hall–Kier alpha value is -0.0800. The van der Waals surface area contributed by atoms with Crippen molar-refractivity contribution in [1.29, 1.82) is 0 Å². The van der Waals surface area contributed by atoms with Crippen molar-refractivity contribution < 1.29 is 0 Å². The summed E-state index contributed by atoms with van der Waals surface area (Å²) >= 11 is 0. The first kappa shape index (κ1) is 6.92. The van der Waals surface area contributed by atoms with Crippen LogP contribution in [0.25, 0.3) is 0 Å². The second kappa shape index (κ2) is 2.99. The van der Waals surface area contributed by atoms with E-state index in [0.717, 1.165) is 13.0 Å². The summed E-state index contributed by atoms with van der Waals surface area (Å²) in [5, 5.41) is 0. The van der Waals surface area contributed by atoms with Crippen molar-refractivity contribution in [2.45, 2.75) is 12.5 Å². The Bertz CT molecular complexity index is 64.1. The highest BCUT2D eigenvalue weighted by atomic mass is 35.5. The molecule has 42 valence electrons. The molecule has 0 aromatic heterocycles. The van der Waals surface area contributed by atoms with Crippen molar-refractivity contribution in [1.82, 2.24) is 0 Å². The van der Waals surface area contributed by atoms with Gasteiger partial charge in [0, 0.05) is 12.3 Å². The second-order valence-electron chi connectivity index (χ2n) is 1.54. The van der Waals surface area contributed by atoms with Crippen LogP contribution in [-0.4, -0.2) is 18.8 Å². The summed E-state index contributed by atoms with van der Waals surface area (Å²) in [7, 11) is 0. The summed E-state index contributed by atoms with van der Waals surface area (Å²) in [5.41, 5.74) is 5.41. The summed E-state index contributed by atoms with van der Waals surface area (Å²) < 4.78 is 0. The summed E-state index contributed by atoms with van der Waals surface area (Å²) in [4.78, 5) is 3.91. The van der Waals surface area contributed by atoms with Crippen LogP contribution < -0.4 is 5.73 Å². The minimum Gasteiger partial charge on any atom is -0.326 e. The molecule has 1 unspecified atom stereocenters. The van der Waals surface area contributed by atoms with Gasteiger partial charge in [0.05, 0.1) is 6.54 Å². The number of halogens is 1. The van der Waals surface area contributed by atoms with E-state index < -0.39 is 0 Å². The molecule has 0 aromatic rings. The lowest BCUT2D eigenvalue weighted by Gasteiger charge is -1.91. The van der Waals surface area contributed by atoms with Gasteiger partial charge in [-0.3, -0.25) is 4.99 Å². The highest BCUT2D eigenvalue weighted by molar-refractivity contribution is 5.85. The Morgan fingerprint density at radius 3 is 2.57 bits per heavy atom. The van der Waals surface area contributed by atoms with E-state index >= 15 is 0 Å². The Morgan fingerprint density at radius 1 is 1.71 bits per heavy atom. The normalized spacial score (nSPS) is 27.3. The molecule has 0 aromatic carbocycles. The molecule has 0 amide bonds. The van der Waals surface area contributed by atoms with E-state index in [-0.39, 0.29) is 12.4 Å². The minimum atomic E-state index is 0. The van der Waals surface area contributed by atoms with Crippen LogP contribution in [0.1, 0.15) is 6.42 Å². The summed E-state index contributed by atoms with van der Waals surface area (Å²) in [6.07, 6.45) is 2.85. The number of hydrogen-bond acceptors (Lipinski definition) is 2. The largest absolute Gasteiger partial charge is 0.326 e. The van der Waals surface area contributed by atoms with Crippen LogP contribution in [0, 0.1) is 0 Å². The summed E-state index contributed by atoms with van der Waals surface area (Å²) in [6.45, 7) is 0.833. The smallest absolute Gasteiger partial charge is 0.0540 e. The fourth-order valence-electron chi connectivity index (χ4n) is 0.494. The van der Waals surface area contributed by atoms with Crippen LogP contribution >= 0.6 is 12.4 Å². The molecule has 0 saturated heterocycles. The van der Waals surface area contributed by atoms with Gasteiger partial charge in [0.25, 0.3) is 0 Å². The van der Waals surface area contributed by atoms with E-state index in [1.165, 1.54) is 0 Å². The third kappa shape index (κ3) is 1.90. The Kier molecular flexibility index (Phi) is 2.96. The molecule has 0 spiro atoms. The van der Waals surface area contributed by atoms with Gasteiger partial charge in [-0.15, -0.1) is 12.4 Å². The number of nitrogens with zero attached hydrogens (tertiary/aromatic N) is 1. The van der Waals surface area contributed by atoms with E-state index in [0.29, 0.717) is 6.04 Å². The van der Waals surface area contributed by atoms with Gasteiger partial charge >= 0.3 is 0 Å². The van der Waals surface area contributed by atoms with Gasteiger partial charge in [0.2, 0.25) is 0 Å². The van der Waals surface area contributed by atoms with Crippen molar-refractivity contribution in [2.75, 3.05) is 6.54 Å². The van der Waals surface area contributed by atoms with Crippen LogP contribution in [0.4, 0.5) is 0 Å². The zero-order valence-electron chi connectivity index (χ0n) is 4.00. The van der Waals surface area contributed by atoms with Gasteiger partial charge in [-0.25, -0.2) is 0 Å². The van der Waals surface area contributed by atoms with Crippen molar-refractivity contribution >= 4 is 18.6 Å². The lowest BCUT2D eigenvalue weighted by atomic mass is 10.3.